The number of likely N-dealkylation sites (tertiary alicyclic amines) is 1. The molecule has 0 radical (unpaired) electrons. The van der Waals surface area contributed by atoms with Crippen molar-refractivity contribution in [1.29, 1.82) is 0 Å². The van der Waals surface area contributed by atoms with Crippen LogP contribution in [-0.4, -0.2) is 61.1 Å². The number of benzene rings is 1. The molecule has 1 fully saturated rings. The van der Waals surface area contributed by atoms with E-state index in [2.05, 4.69) is 25.2 Å². The van der Waals surface area contributed by atoms with Crippen molar-refractivity contribution in [3.63, 3.8) is 0 Å². The number of para-hydroxylation sites is 1. The third-order valence-corrected chi connectivity index (χ3v) is 4.78. The van der Waals surface area contributed by atoms with Crippen LogP contribution in [0.2, 0.25) is 0 Å². The highest BCUT2D eigenvalue weighted by molar-refractivity contribution is 5.67. The Kier molecular flexibility index (Phi) is 8.19. The number of quaternary nitrogens is 1. The van der Waals surface area contributed by atoms with E-state index in [-0.39, 0.29) is 6.09 Å². The van der Waals surface area contributed by atoms with Crippen molar-refractivity contribution >= 4 is 6.09 Å². The molecule has 6 nitrogen and oxygen atoms in total. The number of piperidine rings is 1. The fourth-order valence-corrected chi connectivity index (χ4v) is 3.22. The van der Waals surface area contributed by atoms with Gasteiger partial charge in [0.2, 0.25) is 0 Å². The zero-order valence-electron chi connectivity index (χ0n) is 16.2. The largest absolute Gasteiger partial charge is 0.490 e. The monoisotopic (exact) mass is 365 g/mol. The molecule has 0 aliphatic carbocycles. The molecule has 2 rings (SSSR count). The lowest BCUT2D eigenvalue weighted by atomic mass is 10.0. The first-order valence-electron chi connectivity index (χ1n) is 9.66. The smallest absolute Gasteiger partial charge is 0.409 e. The van der Waals surface area contributed by atoms with E-state index in [9.17, 15) is 9.90 Å². The van der Waals surface area contributed by atoms with Crippen LogP contribution in [0.25, 0.3) is 0 Å². The first kappa shape index (κ1) is 20.5. The molecular formula is C20H33N2O4+. The molecule has 1 aliphatic rings. The lowest BCUT2D eigenvalue weighted by Crippen LogP contribution is -2.92. The molecule has 1 aromatic carbocycles. The SMILES string of the molecule is CCOC(=O)N1CCC([NH2+]C[C@@H](O)COc2ccccc2C(C)C)CC1. The fourth-order valence-electron chi connectivity index (χ4n) is 3.22. The maximum atomic E-state index is 11.7. The van der Waals surface area contributed by atoms with Gasteiger partial charge < -0.3 is 24.8 Å². The average molecular weight is 365 g/mol. The minimum Gasteiger partial charge on any atom is -0.490 e. The van der Waals surface area contributed by atoms with Gasteiger partial charge in [-0.15, -0.1) is 0 Å². The van der Waals surface area contributed by atoms with Gasteiger partial charge in [-0.2, -0.15) is 0 Å². The standard InChI is InChI=1S/C20H32N2O4/c1-4-25-20(24)22-11-9-16(10-12-22)21-13-17(23)14-26-19-8-6-5-7-18(19)15(2)3/h5-8,15-17,21,23H,4,9-14H2,1-3H3/p+1/t17-/m1/s1. The van der Waals surface area contributed by atoms with Crippen molar-refractivity contribution < 1.29 is 24.7 Å². The number of hydrogen-bond donors (Lipinski definition) is 2. The Labute approximate surface area is 156 Å². The molecule has 0 unspecified atom stereocenters. The van der Waals surface area contributed by atoms with Gasteiger partial charge in [-0.1, -0.05) is 32.0 Å². The molecule has 0 spiro atoms. The maximum absolute atomic E-state index is 11.7. The summed E-state index contributed by atoms with van der Waals surface area (Å²) in [6.45, 7) is 8.83. The third-order valence-electron chi connectivity index (χ3n) is 4.78. The van der Waals surface area contributed by atoms with Crippen molar-refractivity contribution in [2.45, 2.75) is 51.7 Å². The van der Waals surface area contributed by atoms with Crippen LogP contribution in [-0.2, 0) is 4.74 Å². The normalized spacial score (nSPS) is 16.6. The van der Waals surface area contributed by atoms with E-state index >= 15 is 0 Å². The van der Waals surface area contributed by atoms with Gasteiger partial charge in [-0.25, -0.2) is 4.79 Å². The summed E-state index contributed by atoms with van der Waals surface area (Å²) < 4.78 is 10.9. The van der Waals surface area contributed by atoms with Crippen LogP contribution in [0.5, 0.6) is 5.75 Å². The minimum absolute atomic E-state index is 0.219. The molecule has 1 saturated heterocycles. The minimum atomic E-state index is -0.515. The number of nitrogens with zero attached hydrogens (tertiary/aromatic N) is 1. The van der Waals surface area contributed by atoms with Gasteiger partial charge in [0.05, 0.1) is 12.6 Å². The summed E-state index contributed by atoms with van der Waals surface area (Å²) in [5, 5.41) is 12.4. The van der Waals surface area contributed by atoms with Crippen LogP contribution in [0, 0.1) is 0 Å². The van der Waals surface area contributed by atoms with Crippen molar-refractivity contribution in [2.75, 3.05) is 32.8 Å². The third kappa shape index (κ3) is 6.18. The summed E-state index contributed by atoms with van der Waals surface area (Å²) in [6.07, 6.45) is 1.10. The summed E-state index contributed by atoms with van der Waals surface area (Å²) in [7, 11) is 0. The Hall–Kier alpha value is -1.79. The fraction of sp³-hybridized carbons (Fsp3) is 0.650. The number of aliphatic hydroxyl groups is 1. The summed E-state index contributed by atoms with van der Waals surface area (Å²) in [5.41, 5.74) is 1.16. The second-order valence-corrected chi connectivity index (χ2v) is 7.15. The quantitative estimate of drug-likeness (QED) is 0.736. The van der Waals surface area contributed by atoms with Gasteiger partial charge in [0, 0.05) is 25.9 Å². The second kappa shape index (κ2) is 10.4. The number of carbonyl (C=O) groups is 1. The van der Waals surface area contributed by atoms with E-state index < -0.39 is 6.10 Å². The lowest BCUT2D eigenvalue weighted by Gasteiger charge is -2.30. The van der Waals surface area contributed by atoms with Crippen LogP contribution in [0.3, 0.4) is 0 Å². The van der Waals surface area contributed by atoms with E-state index in [0.29, 0.717) is 44.8 Å². The number of rotatable bonds is 8. The molecule has 0 aromatic heterocycles. The van der Waals surface area contributed by atoms with Gasteiger partial charge in [-0.3, -0.25) is 0 Å². The number of hydrogen-bond acceptors (Lipinski definition) is 4. The molecular weight excluding hydrogens is 332 g/mol. The van der Waals surface area contributed by atoms with Crippen LogP contribution < -0.4 is 10.1 Å². The van der Waals surface area contributed by atoms with Crippen LogP contribution >= 0.6 is 0 Å². The van der Waals surface area contributed by atoms with Crippen LogP contribution in [0.15, 0.2) is 24.3 Å². The van der Waals surface area contributed by atoms with E-state index in [1.807, 2.05) is 25.1 Å². The first-order valence-corrected chi connectivity index (χ1v) is 9.66. The van der Waals surface area contributed by atoms with Gasteiger partial charge in [0.15, 0.2) is 0 Å². The number of aliphatic hydroxyl groups excluding tert-OH is 1. The molecule has 1 heterocycles. The number of amides is 1. The zero-order chi connectivity index (χ0) is 18.9. The lowest BCUT2D eigenvalue weighted by molar-refractivity contribution is -0.697. The average Bonchev–Trinajstić information content (AvgIpc) is 2.65. The Morgan fingerprint density at radius 1 is 1.31 bits per heavy atom. The topological polar surface area (TPSA) is 75.6 Å². The van der Waals surface area contributed by atoms with Crippen LogP contribution in [0.1, 0.15) is 45.1 Å². The van der Waals surface area contributed by atoms with E-state index in [4.69, 9.17) is 9.47 Å². The van der Waals surface area contributed by atoms with Gasteiger partial charge >= 0.3 is 6.09 Å². The molecule has 1 atom stereocenters. The Morgan fingerprint density at radius 3 is 2.65 bits per heavy atom. The maximum Gasteiger partial charge on any atom is 0.409 e. The molecule has 1 aromatic rings. The molecule has 6 heteroatoms. The van der Waals surface area contributed by atoms with Gasteiger partial charge in [0.1, 0.15) is 25.0 Å². The summed E-state index contributed by atoms with van der Waals surface area (Å²) in [6, 6.07) is 8.41. The zero-order valence-corrected chi connectivity index (χ0v) is 16.2. The summed E-state index contributed by atoms with van der Waals surface area (Å²) >= 11 is 0. The highest BCUT2D eigenvalue weighted by Crippen LogP contribution is 2.25. The summed E-state index contributed by atoms with van der Waals surface area (Å²) in [4.78, 5) is 13.5. The van der Waals surface area contributed by atoms with Gasteiger partial charge in [0.25, 0.3) is 0 Å². The predicted molar refractivity (Wildman–Crippen MR) is 100 cm³/mol. The molecule has 146 valence electrons. The molecule has 26 heavy (non-hydrogen) atoms. The second-order valence-electron chi connectivity index (χ2n) is 7.15. The number of carbonyl (C=O) groups excluding carboxylic acids is 1. The molecule has 1 aliphatic heterocycles. The molecule has 1 amide bonds. The molecule has 3 N–H and O–H groups in total. The van der Waals surface area contributed by atoms with E-state index in [0.717, 1.165) is 24.2 Å². The number of nitrogens with two attached hydrogens (primary N) is 1. The van der Waals surface area contributed by atoms with Crippen molar-refractivity contribution in [1.82, 2.24) is 4.90 Å². The van der Waals surface area contributed by atoms with Crippen molar-refractivity contribution in [3.8, 4) is 5.75 Å². The van der Waals surface area contributed by atoms with Crippen molar-refractivity contribution in [2.24, 2.45) is 0 Å². The molecule has 0 bridgehead atoms. The van der Waals surface area contributed by atoms with E-state index in [1.165, 1.54) is 0 Å². The molecule has 0 saturated carbocycles. The predicted octanol–water partition coefficient (Wildman–Crippen LogP) is 1.73. The Morgan fingerprint density at radius 2 is 2.00 bits per heavy atom. The Balaban J connectivity index is 1.68. The highest BCUT2D eigenvalue weighted by Gasteiger charge is 2.26. The van der Waals surface area contributed by atoms with Crippen LogP contribution in [0.4, 0.5) is 4.79 Å². The highest BCUT2D eigenvalue weighted by atomic mass is 16.6. The Bertz CT molecular complexity index is 556. The first-order chi connectivity index (χ1) is 12.5. The number of ether oxygens (including phenoxy) is 2. The summed E-state index contributed by atoms with van der Waals surface area (Å²) in [5.74, 6) is 1.24. The van der Waals surface area contributed by atoms with Crippen molar-refractivity contribution in [3.05, 3.63) is 29.8 Å². The van der Waals surface area contributed by atoms with Gasteiger partial charge in [-0.05, 0) is 24.5 Å². The van der Waals surface area contributed by atoms with E-state index in [1.54, 1.807) is 4.90 Å².